The number of fused-ring (bicyclic) bond motifs is 6. The summed E-state index contributed by atoms with van der Waals surface area (Å²) in [4.78, 5) is 10.2. The van der Waals surface area contributed by atoms with Crippen LogP contribution in [0.15, 0.2) is 183 Å². The van der Waals surface area contributed by atoms with E-state index in [2.05, 4.69) is 127 Å². The van der Waals surface area contributed by atoms with Crippen molar-refractivity contribution in [1.29, 1.82) is 0 Å². The smallest absolute Gasteiger partial charge is 0.159 e. The number of rotatable bonds is 5. The van der Waals surface area contributed by atoms with E-state index < -0.39 is 0 Å². The maximum Gasteiger partial charge on any atom is 0.159 e. The molecule has 10 rings (SSSR count). The Morgan fingerprint density at radius 3 is 1.56 bits per heavy atom. The van der Waals surface area contributed by atoms with Crippen LogP contribution in [0.5, 0.6) is 0 Å². The lowest BCUT2D eigenvalue weighted by atomic mass is 10.0. The quantitative estimate of drug-likeness (QED) is 0.203. The minimum absolute atomic E-state index is 0.330. The van der Waals surface area contributed by atoms with Gasteiger partial charge in [0.05, 0.1) is 0 Å². The Labute approximate surface area is 287 Å². The van der Waals surface area contributed by atoms with Crippen LogP contribution in [0.25, 0.3) is 66.1 Å². The zero-order valence-corrected chi connectivity index (χ0v) is 26.9. The fourth-order valence-corrected chi connectivity index (χ4v) is 6.97. The Kier molecular flexibility index (Phi) is 6.49. The van der Waals surface area contributed by atoms with E-state index >= 15 is 0 Å². The highest BCUT2D eigenvalue weighted by Gasteiger charge is 2.22. The maximum atomic E-state index is 6.24. The molecule has 5 nitrogen and oxygen atoms in total. The van der Waals surface area contributed by atoms with Crippen molar-refractivity contribution in [2.24, 2.45) is 9.98 Å². The molecule has 1 atom stereocenters. The van der Waals surface area contributed by atoms with Crippen molar-refractivity contribution in [3.8, 4) is 22.3 Å². The molecular weight excluding hydrogens is 615 g/mol. The monoisotopic (exact) mass is 643 g/mol. The third kappa shape index (κ3) is 4.87. The molecule has 3 heterocycles. The molecule has 236 valence electrons. The number of benzene rings is 7. The van der Waals surface area contributed by atoms with E-state index in [4.69, 9.17) is 18.8 Å². The summed E-state index contributed by atoms with van der Waals surface area (Å²) in [5, 5.41) is 8.06. The lowest BCUT2D eigenvalue weighted by molar-refractivity contribution is 0.666. The molecular formula is C45H29N3O2. The Hall–Kier alpha value is -6.72. The van der Waals surface area contributed by atoms with Gasteiger partial charge in [-0.1, -0.05) is 127 Å². The van der Waals surface area contributed by atoms with E-state index in [0.717, 1.165) is 83.1 Å². The highest BCUT2D eigenvalue weighted by molar-refractivity contribution is 6.15. The molecule has 0 spiro atoms. The number of nitrogens with one attached hydrogen (secondary N) is 1. The van der Waals surface area contributed by atoms with Crippen LogP contribution in [0.1, 0.15) is 22.9 Å². The minimum Gasteiger partial charge on any atom is -0.456 e. The van der Waals surface area contributed by atoms with Gasteiger partial charge in [-0.25, -0.2) is 9.98 Å². The van der Waals surface area contributed by atoms with E-state index in [9.17, 15) is 0 Å². The second kappa shape index (κ2) is 11.5. The molecule has 1 aliphatic rings. The number of para-hydroxylation sites is 2. The first-order valence-electron chi connectivity index (χ1n) is 16.8. The van der Waals surface area contributed by atoms with Crippen molar-refractivity contribution in [1.82, 2.24) is 5.32 Å². The highest BCUT2D eigenvalue weighted by Crippen LogP contribution is 2.34. The Morgan fingerprint density at radius 1 is 0.400 bits per heavy atom. The van der Waals surface area contributed by atoms with E-state index in [1.54, 1.807) is 0 Å². The molecule has 1 N–H and O–H groups in total. The molecule has 0 aliphatic carbocycles. The average molecular weight is 644 g/mol. The Bertz CT molecular complexity index is 2770. The van der Waals surface area contributed by atoms with Gasteiger partial charge in [0.15, 0.2) is 5.84 Å². The molecule has 0 radical (unpaired) electrons. The molecule has 9 aromatic rings. The topological polar surface area (TPSA) is 63.0 Å². The van der Waals surface area contributed by atoms with E-state index in [0.29, 0.717) is 5.84 Å². The van der Waals surface area contributed by atoms with Gasteiger partial charge >= 0.3 is 0 Å². The van der Waals surface area contributed by atoms with Gasteiger partial charge in [0, 0.05) is 32.7 Å². The largest absolute Gasteiger partial charge is 0.456 e. The van der Waals surface area contributed by atoms with Crippen molar-refractivity contribution in [3.05, 3.63) is 180 Å². The molecule has 5 heteroatoms. The molecule has 0 fully saturated rings. The van der Waals surface area contributed by atoms with Crippen LogP contribution in [0.3, 0.4) is 0 Å². The highest BCUT2D eigenvalue weighted by atomic mass is 16.3. The number of nitrogens with zero attached hydrogens (tertiary/aromatic N) is 2. The molecule has 0 bridgehead atoms. The van der Waals surface area contributed by atoms with Gasteiger partial charge in [-0.3, -0.25) is 0 Å². The normalized spacial score (nSPS) is 14.6. The predicted molar refractivity (Wildman–Crippen MR) is 204 cm³/mol. The Morgan fingerprint density at radius 2 is 0.880 bits per heavy atom. The summed E-state index contributed by atoms with van der Waals surface area (Å²) in [5.41, 5.74) is 10.9. The molecule has 0 saturated heterocycles. The van der Waals surface area contributed by atoms with E-state index in [1.807, 2.05) is 42.5 Å². The molecule has 2 aromatic heterocycles. The lowest BCUT2D eigenvalue weighted by Crippen LogP contribution is -2.33. The summed E-state index contributed by atoms with van der Waals surface area (Å²) in [5.74, 6) is 1.41. The standard InChI is InChI=1S/C45H29N3O2/c1-2-8-28(9-3-1)29-14-18-31(19-15-29)43-46-44(48-45(47-43)34-23-25-38-36-11-5-7-13-40(36)50-42(38)27-34)32-20-16-30(17-21-32)33-22-24-37-35-10-4-6-12-39(35)49-41(37)26-33/h1-27,43H,(H,46,47,48). The van der Waals surface area contributed by atoms with Crippen LogP contribution in [0, 0.1) is 0 Å². The van der Waals surface area contributed by atoms with Crippen LogP contribution in [-0.2, 0) is 0 Å². The van der Waals surface area contributed by atoms with Crippen molar-refractivity contribution < 1.29 is 8.83 Å². The van der Waals surface area contributed by atoms with Gasteiger partial charge in [0.2, 0.25) is 0 Å². The second-order valence-electron chi connectivity index (χ2n) is 12.6. The number of furan rings is 2. The molecule has 0 amide bonds. The van der Waals surface area contributed by atoms with Crippen LogP contribution >= 0.6 is 0 Å². The van der Waals surface area contributed by atoms with Gasteiger partial charge in [0.1, 0.15) is 34.3 Å². The molecule has 7 aromatic carbocycles. The first kappa shape index (κ1) is 28.3. The zero-order chi connectivity index (χ0) is 33.0. The first-order chi connectivity index (χ1) is 24.7. The number of aliphatic imine (C=N–C) groups is 2. The Balaban J connectivity index is 1.03. The lowest BCUT2D eigenvalue weighted by Gasteiger charge is -2.24. The predicted octanol–water partition coefficient (Wildman–Crippen LogP) is 11.3. The minimum atomic E-state index is -0.330. The van der Waals surface area contributed by atoms with E-state index in [1.165, 1.54) is 5.56 Å². The zero-order valence-electron chi connectivity index (χ0n) is 26.9. The molecule has 50 heavy (non-hydrogen) atoms. The number of amidine groups is 2. The average Bonchev–Trinajstić information content (AvgIpc) is 3.76. The van der Waals surface area contributed by atoms with Gasteiger partial charge in [0.25, 0.3) is 0 Å². The fourth-order valence-electron chi connectivity index (χ4n) is 6.97. The maximum absolute atomic E-state index is 6.24. The third-order valence-electron chi connectivity index (χ3n) is 9.58. The van der Waals surface area contributed by atoms with Gasteiger partial charge in [-0.05, 0) is 64.2 Å². The van der Waals surface area contributed by atoms with Crippen LogP contribution in [0.2, 0.25) is 0 Å². The molecule has 0 saturated carbocycles. The summed E-state index contributed by atoms with van der Waals surface area (Å²) < 4.78 is 12.4. The molecule has 1 aliphatic heterocycles. The fraction of sp³-hybridized carbons (Fsp3) is 0.0222. The SMILES string of the molecule is c1ccc(-c2ccc(C3N=C(c4ccc(-c5ccc6c(c5)oc5ccccc56)cc4)N=C(c4ccc5c(c4)oc4ccccc45)N3)cc2)cc1. The summed E-state index contributed by atoms with van der Waals surface area (Å²) >= 11 is 0. The van der Waals surface area contributed by atoms with Crippen LogP contribution in [-0.4, -0.2) is 11.7 Å². The van der Waals surface area contributed by atoms with Crippen molar-refractivity contribution in [3.63, 3.8) is 0 Å². The number of hydrogen-bond acceptors (Lipinski definition) is 5. The summed E-state index contributed by atoms with van der Waals surface area (Å²) in [7, 11) is 0. The van der Waals surface area contributed by atoms with Crippen molar-refractivity contribution in [2.45, 2.75) is 6.17 Å². The van der Waals surface area contributed by atoms with Gasteiger partial charge < -0.3 is 14.2 Å². The van der Waals surface area contributed by atoms with Gasteiger partial charge in [-0.2, -0.15) is 0 Å². The van der Waals surface area contributed by atoms with Crippen LogP contribution in [0.4, 0.5) is 0 Å². The first-order valence-corrected chi connectivity index (χ1v) is 16.8. The third-order valence-corrected chi connectivity index (χ3v) is 9.58. The number of hydrogen-bond donors (Lipinski definition) is 1. The summed E-state index contributed by atoms with van der Waals surface area (Å²) in [6, 6.07) is 56.5. The van der Waals surface area contributed by atoms with Gasteiger partial charge in [-0.15, -0.1) is 0 Å². The second-order valence-corrected chi connectivity index (χ2v) is 12.6. The van der Waals surface area contributed by atoms with E-state index in [-0.39, 0.29) is 6.17 Å². The van der Waals surface area contributed by atoms with Crippen molar-refractivity contribution in [2.75, 3.05) is 0 Å². The summed E-state index contributed by atoms with van der Waals surface area (Å²) in [6.45, 7) is 0. The van der Waals surface area contributed by atoms with Crippen molar-refractivity contribution >= 4 is 55.5 Å². The van der Waals surface area contributed by atoms with Crippen LogP contribution < -0.4 is 5.32 Å². The summed E-state index contributed by atoms with van der Waals surface area (Å²) in [6.07, 6.45) is -0.330. The molecule has 1 unspecified atom stereocenters.